The summed E-state index contributed by atoms with van der Waals surface area (Å²) in [5, 5.41) is 9.99. The number of rotatable bonds is 3. The van der Waals surface area contributed by atoms with Crippen LogP contribution in [0.25, 0.3) is 11.0 Å². The van der Waals surface area contributed by atoms with Crippen molar-refractivity contribution in [1.29, 1.82) is 0 Å². The lowest BCUT2D eigenvalue weighted by atomic mass is 10.2. The summed E-state index contributed by atoms with van der Waals surface area (Å²) < 4.78 is 4.53. The van der Waals surface area contributed by atoms with Gasteiger partial charge in [-0.05, 0) is 28.5 Å². The van der Waals surface area contributed by atoms with Crippen LogP contribution in [0.3, 0.4) is 0 Å². The number of amides is 1. The molecule has 0 atom stereocenters. The average molecular weight is 222 g/mol. The van der Waals surface area contributed by atoms with E-state index in [2.05, 4.69) is 20.3 Å². The maximum absolute atomic E-state index is 11.5. The van der Waals surface area contributed by atoms with Gasteiger partial charge in [-0.2, -0.15) is 0 Å². The number of hydrogen-bond acceptors (Lipinski definition) is 4. The zero-order valence-electron chi connectivity index (χ0n) is 7.77. The molecular formula is C9H8N3O2S. The minimum absolute atomic E-state index is 0.162. The van der Waals surface area contributed by atoms with E-state index in [1.807, 2.05) is 0 Å². The molecule has 5 nitrogen and oxygen atoms in total. The molecule has 0 bridgehead atoms. The van der Waals surface area contributed by atoms with Crippen LogP contribution in [0, 0.1) is 0 Å². The van der Waals surface area contributed by atoms with E-state index < -0.39 is 0 Å². The van der Waals surface area contributed by atoms with Gasteiger partial charge in [-0.25, -0.2) is 4.63 Å². The predicted molar refractivity (Wildman–Crippen MR) is 56.6 cm³/mol. The van der Waals surface area contributed by atoms with Gasteiger partial charge in [0.15, 0.2) is 0 Å². The third-order valence-corrected chi connectivity index (χ3v) is 2.11. The van der Waals surface area contributed by atoms with Crippen LogP contribution >= 0.6 is 12.6 Å². The Hall–Kier alpha value is -1.56. The number of carbonyl (C=O) groups excluding carboxylic acids is 1. The van der Waals surface area contributed by atoms with Gasteiger partial charge in [-0.3, -0.25) is 4.79 Å². The van der Waals surface area contributed by atoms with Gasteiger partial charge in [0, 0.05) is 17.9 Å². The van der Waals surface area contributed by atoms with Crippen LogP contribution in [0.15, 0.2) is 22.8 Å². The first-order valence-electron chi connectivity index (χ1n) is 4.40. The Morgan fingerprint density at radius 3 is 3.00 bits per heavy atom. The topological polar surface area (TPSA) is 68.0 Å². The molecule has 15 heavy (non-hydrogen) atoms. The Morgan fingerprint density at radius 2 is 2.20 bits per heavy atom. The van der Waals surface area contributed by atoms with E-state index in [4.69, 9.17) is 12.6 Å². The van der Waals surface area contributed by atoms with Crippen LogP contribution in [0.4, 0.5) is 0 Å². The summed E-state index contributed by atoms with van der Waals surface area (Å²) >= 11 is 4.73. The first-order valence-corrected chi connectivity index (χ1v) is 4.97. The van der Waals surface area contributed by atoms with Crippen molar-refractivity contribution in [2.75, 3.05) is 12.3 Å². The lowest BCUT2D eigenvalue weighted by Gasteiger charge is -2.01. The van der Waals surface area contributed by atoms with Crippen molar-refractivity contribution in [2.24, 2.45) is 0 Å². The number of benzene rings is 1. The summed E-state index contributed by atoms with van der Waals surface area (Å²) in [6.07, 6.45) is 0. The molecule has 2 rings (SSSR count). The largest absolute Gasteiger partial charge is 0.351 e. The summed E-state index contributed by atoms with van der Waals surface area (Å²) in [6.45, 7) is 0.489. The van der Waals surface area contributed by atoms with E-state index in [0.717, 1.165) is 0 Å². The molecule has 0 saturated heterocycles. The molecule has 0 aliphatic heterocycles. The Morgan fingerprint density at radius 1 is 1.40 bits per heavy atom. The molecular weight excluding hydrogens is 214 g/mol. The van der Waals surface area contributed by atoms with Gasteiger partial charge in [-0.15, -0.1) is 0 Å². The molecule has 1 N–H and O–H groups in total. The number of aromatic nitrogens is 2. The van der Waals surface area contributed by atoms with E-state index in [9.17, 15) is 4.79 Å². The molecule has 2 aromatic rings. The Kier molecular flexibility index (Phi) is 2.86. The third kappa shape index (κ3) is 2.10. The zero-order chi connectivity index (χ0) is 10.7. The molecule has 77 valence electrons. The van der Waals surface area contributed by atoms with Gasteiger partial charge in [0.05, 0.1) is 0 Å². The van der Waals surface area contributed by atoms with E-state index in [0.29, 0.717) is 28.9 Å². The lowest BCUT2D eigenvalue weighted by Crippen LogP contribution is -2.25. The van der Waals surface area contributed by atoms with Gasteiger partial charge >= 0.3 is 0 Å². The summed E-state index contributed by atoms with van der Waals surface area (Å²) in [5.41, 5.74) is 1.73. The molecule has 6 heteroatoms. The molecule has 1 aromatic heterocycles. The van der Waals surface area contributed by atoms with Crippen molar-refractivity contribution in [1.82, 2.24) is 15.6 Å². The molecule has 0 aliphatic rings. The standard InChI is InChI=1S/C9H8N3O2S/c13-9(10-3-4-15)6-1-2-7-8(5-6)12-14-11-7/h1-2,5H,3-4H2,(H,10,13). The van der Waals surface area contributed by atoms with Gasteiger partial charge in [0.1, 0.15) is 11.0 Å². The molecule has 0 saturated carbocycles. The molecule has 0 spiro atoms. The fraction of sp³-hybridized carbons (Fsp3) is 0.222. The summed E-state index contributed by atoms with van der Waals surface area (Å²) in [4.78, 5) is 11.5. The second kappa shape index (κ2) is 4.31. The van der Waals surface area contributed by atoms with Crippen LogP contribution in [-0.2, 0) is 0 Å². The van der Waals surface area contributed by atoms with E-state index >= 15 is 0 Å². The fourth-order valence-electron chi connectivity index (χ4n) is 1.19. The predicted octanol–water partition coefficient (Wildman–Crippen LogP) is 1.15. The van der Waals surface area contributed by atoms with Gasteiger partial charge < -0.3 is 5.32 Å². The van der Waals surface area contributed by atoms with Crippen molar-refractivity contribution >= 4 is 29.6 Å². The Balaban J connectivity index is 2.23. The number of fused-ring (bicyclic) bond motifs is 1. The second-order valence-electron chi connectivity index (χ2n) is 2.93. The highest BCUT2D eigenvalue weighted by atomic mass is 32.1. The van der Waals surface area contributed by atoms with Crippen molar-refractivity contribution in [3.05, 3.63) is 23.8 Å². The minimum atomic E-state index is -0.162. The van der Waals surface area contributed by atoms with Crippen LogP contribution in [0.2, 0.25) is 0 Å². The smallest absolute Gasteiger partial charge is 0.251 e. The molecule has 0 aliphatic carbocycles. The monoisotopic (exact) mass is 222 g/mol. The van der Waals surface area contributed by atoms with E-state index in [-0.39, 0.29) is 5.91 Å². The highest BCUT2D eigenvalue weighted by Gasteiger charge is 2.07. The van der Waals surface area contributed by atoms with E-state index in [1.54, 1.807) is 18.2 Å². The first-order chi connectivity index (χ1) is 7.31. The van der Waals surface area contributed by atoms with Crippen LogP contribution in [0.5, 0.6) is 0 Å². The van der Waals surface area contributed by atoms with Crippen molar-refractivity contribution < 1.29 is 9.42 Å². The second-order valence-corrected chi connectivity index (χ2v) is 3.34. The molecule has 1 aromatic carbocycles. The fourth-order valence-corrected chi connectivity index (χ4v) is 1.29. The third-order valence-electron chi connectivity index (χ3n) is 1.90. The maximum atomic E-state index is 11.5. The number of nitrogens with zero attached hydrogens (tertiary/aromatic N) is 2. The summed E-state index contributed by atoms with van der Waals surface area (Å²) in [7, 11) is 0. The molecule has 0 unspecified atom stereocenters. The number of hydrogen-bond donors (Lipinski definition) is 1. The highest BCUT2D eigenvalue weighted by Crippen LogP contribution is 2.11. The van der Waals surface area contributed by atoms with Crippen LogP contribution in [0.1, 0.15) is 10.4 Å². The lowest BCUT2D eigenvalue weighted by molar-refractivity contribution is 0.0956. The summed E-state index contributed by atoms with van der Waals surface area (Å²) in [5.74, 6) is 0.337. The molecule has 1 radical (unpaired) electrons. The molecule has 1 heterocycles. The maximum Gasteiger partial charge on any atom is 0.251 e. The van der Waals surface area contributed by atoms with Gasteiger partial charge in [-0.1, -0.05) is 12.6 Å². The molecule has 1 amide bonds. The molecule has 0 fully saturated rings. The quantitative estimate of drug-likeness (QED) is 0.845. The van der Waals surface area contributed by atoms with Crippen molar-refractivity contribution in [3.8, 4) is 0 Å². The highest BCUT2D eigenvalue weighted by molar-refractivity contribution is 7.80. The number of carbonyl (C=O) groups is 1. The number of nitrogens with one attached hydrogen (secondary N) is 1. The summed E-state index contributed by atoms with van der Waals surface area (Å²) in [6, 6.07) is 4.99. The van der Waals surface area contributed by atoms with Crippen molar-refractivity contribution in [3.63, 3.8) is 0 Å². The zero-order valence-corrected chi connectivity index (χ0v) is 8.58. The minimum Gasteiger partial charge on any atom is -0.351 e. The van der Waals surface area contributed by atoms with E-state index in [1.165, 1.54) is 0 Å². The Labute approximate surface area is 91.2 Å². The van der Waals surface area contributed by atoms with Crippen molar-refractivity contribution in [2.45, 2.75) is 0 Å². The first kappa shape index (κ1) is 9.97. The normalized spacial score (nSPS) is 10.5. The van der Waals surface area contributed by atoms with Gasteiger partial charge in [0.2, 0.25) is 0 Å². The van der Waals surface area contributed by atoms with Crippen LogP contribution < -0.4 is 5.32 Å². The SMILES string of the molecule is O=C(NCC[S])c1ccc2nonc2c1. The Bertz CT molecular complexity index is 483. The average Bonchev–Trinajstić information content (AvgIpc) is 2.72. The van der Waals surface area contributed by atoms with Crippen LogP contribution in [-0.4, -0.2) is 28.5 Å². The van der Waals surface area contributed by atoms with Gasteiger partial charge in [0.25, 0.3) is 5.91 Å².